The monoisotopic (exact) mass is 366 g/mol. The van der Waals surface area contributed by atoms with Crippen LogP contribution in [-0.2, 0) is 28.5 Å². The van der Waals surface area contributed by atoms with Gasteiger partial charge in [0.25, 0.3) is 0 Å². The van der Waals surface area contributed by atoms with E-state index >= 15 is 0 Å². The Bertz CT molecular complexity index is 681. The topological polar surface area (TPSA) is 94.6 Å². The molecule has 4 aliphatic rings. The predicted octanol–water partition coefficient (Wildman–Crippen LogP) is 1.12. The lowest BCUT2D eigenvalue weighted by molar-refractivity contribution is -0.233. The van der Waals surface area contributed by atoms with E-state index in [0.717, 1.165) is 6.42 Å². The predicted molar refractivity (Wildman–Crippen MR) is 89.1 cm³/mol. The molecule has 1 spiro atoms. The van der Waals surface area contributed by atoms with E-state index in [1.54, 1.807) is 0 Å². The third-order valence-electron chi connectivity index (χ3n) is 7.08. The van der Waals surface area contributed by atoms with Crippen molar-refractivity contribution in [3.8, 4) is 0 Å². The molecule has 4 rings (SSSR count). The van der Waals surface area contributed by atoms with Gasteiger partial charge >= 0.3 is 11.9 Å². The second-order valence-electron chi connectivity index (χ2n) is 8.33. The summed E-state index contributed by atoms with van der Waals surface area (Å²) in [4.78, 5) is 23.4. The highest BCUT2D eigenvalue weighted by Gasteiger charge is 2.85. The van der Waals surface area contributed by atoms with Crippen LogP contribution in [0, 0.1) is 10.8 Å². The Kier molecular flexibility index (Phi) is 3.82. The van der Waals surface area contributed by atoms with Gasteiger partial charge in [-0.3, -0.25) is 9.59 Å². The number of rotatable bonds is 3. The molecule has 1 N–H and O–H groups in total. The van der Waals surface area contributed by atoms with E-state index in [1.807, 2.05) is 13.8 Å². The van der Waals surface area contributed by atoms with E-state index in [2.05, 4.69) is 6.08 Å². The zero-order valence-corrected chi connectivity index (χ0v) is 15.6. The van der Waals surface area contributed by atoms with Crippen molar-refractivity contribution < 1.29 is 33.6 Å². The molecule has 7 atom stereocenters. The van der Waals surface area contributed by atoms with E-state index in [1.165, 1.54) is 19.4 Å². The summed E-state index contributed by atoms with van der Waals surface area (Å²) in [6.07, 6.45) is 0.896. The highest BCUT2D eigenvalue weighted by Crippen LogP contribution is 2.72. The lowest BCUT2D eigenvalue weighted by Crippen LogP contribution is -2.66. The van der Waals surface area contributed by atoms with Crippen LogP contribution in [0.1, 0.15) is 40.5 Å². The standard InChI is InChI=1S/C19H26O7/c1-10-5-6-18(8-23-11(2)20)13(7-10)26-16-14(22)15(25-12(3)21)17(18,4)19(16)9-24-19/h7,13-16,22H,5-6,8-9H2,1-4H3/t13-,14+,15-,16-,17-,18+,19-/m0/s1. The zero-order chi connectivity index (χ0) is 18.9. The van der Waals surface area contributed by atoms with Crippen LogP contribution in [0.2, 0.25) is 0 Å². The minimum absolute atomic E-state index is 0.135. The molecule has 0 amide bonds. The number of esters is 2. The van der Waals surface area contributed by atoms with Gasteiger partial charge in [0.15, 0.2) is 0 Å². The normalized spacial score (nSPS) is 48.6. The fraction of sp³-hybridized carbons (Fsp3) is 0.789. The van der Waals surface area contributed by atoms with Gasteiger partial charge in [0.1, 0.15) is 30.5 Å². The van der Waals surface area contributed by atoms with Gasteiger partial charge in [0.05, 0.1) is 18.1 Å². The van der Waals surface area contributed by atoms with Crippen molar-refractivity contribution in [1.82, 2.24) is 0 Å². The summed E-state index contributed by atoms with van der Waals surface area (Å²) in [6, 6.07) is 0. The Morgan fingerprint density at radius 3 is 2.62 bits per heavy atom. The molecule has 1 saturated carbocycles. The van der Waals surface area contributed by atoms with Crippen molar-refractivity contribution in [3.63, 3.8) is 0 Å². The molecular formula is C19H26O7. The first-order valence-electron chi connectivity index (χ1n) is 9.13. The van der Waals surface area contributed by atoms with Gasteiger partial charge in [0, 0.05) is 19.3 Å². The SMILES string of the molecule is CC(=O)OC[C@]12CCC(C)=C[C@@H]1O[C@H]1[C@H](O)[C@H](OC(C)=O)[C@]2(C)[C@]12CO2. The maximum atomic E-state index is 11.8. The second-order valence-corrected chi connectivity index (χ2v) is 8.33. The lowest BCUT2D eigenvalue weighted by Gasteiger charge is -2.58. The molecule has 144 valence electrons. The van der Waals surface area contributed by atoms with Gasteiger partial charge in [-0.2, -0.15) is 0 Å². The molecule has 2 saturated heterocycles. The van der Waals surface area contributed by atoms with Crippen molar-refractivity contribution in [3.05, 3.63) is 11.6 Å². The van der Waals surface area contributed by atoms with Crippen LogP contribution in [0.4, 0.5) is 0 Å². The third-order valence-corrected chi connectivity index (χ3v) is 7.08. The summed E-state index contributed by atoms with van der Waals surface area (Å²) in [6.45, 7) is 7.31. The summed E-state index contributed by atoms with van der Waals surface area (Å²) in [5, 5.41) is 10.9. The number of fused-ring (bicyclic) bond motifs is 2. The molecule has 2 aliphatic heterocycles. The number of ether oxygens (including phenoxy) is 4. The minimum atomic E-state index is -0.986. The Morgan fingerprint density at radius 2 is 2.04 bits per heavy atom. The van der Waals surface area contributed by atoms with Crippen LogP contribution in [0.25, 0.3) is 0 Å². The number of epoxide rings is 1. The Balaban J connectivity index is 1.86. The van der Waals surface area contributed by atoms with Crippen LogP contribution < -0.4 is 0 Å². The van der Waals surface area contributed by atoms with Crippen molar-refractivity contribution in [2.24, 2.45) is 10.8 Å². The number of hydrogen-bond donors (Lipinski definition) is 1. The molecule has 0 aromatic rings. The largest absolute Gasteiger partial charge is 0.465 e. The Hall–Kier alpha value is -1.44. The molecule has 26 heavy (non-hydrogen) atoms. The first-order valence-corrected chi connectivity index (χ1v) is 9.13. The van der Waals surface area contributed by atoms with Crippen LogP contribution >= 0.6 is 0 Å². The molecule has 0 radical (unpaired) electrons. The van der Waals surface area contributed by atoms with Gasteiger partial charge < -0.3 is 24.1 Å². The average molecular weight is 366 g/mol. The maximum Gasteiger partial charge on any atom is 0.303 e. The van der Waals surface area contributed by atoms with Gasteiger partial charge in [-0.05, 0) is 19.8 Å². The smallest absolute Gasteiger partial charge is 0.303 e. The quantitative estimate of drug-likeness (QED) is 0.454. The Labute approximate surface area is 152 Å². The van der Waals surface area contributed by atoms with Crippen LogP contribution in [0.15, 0.2) is 11.6 Å². The molecule has 7 heteroatoms. The number of allylic oxidation sites excluding steroid dienone is 1. The maximum absolute atomic E-state index is 11.8. The van der Waals surface area contributed by atoms with Gasteiger partial charge in [-0.1, -0.05) is 18.6 Å². The first kappa shape index (κ1) is 17.9. The van der Waals surface area contributed by atoms with Crippen molar-refractivity contribution in [2.75, 3.05) is 13.2 Å². The van der Waals surface area contributed by atoms with Crippen molar-refractivity contribution >= 4 is 11.9 Å². The summed E-state index contributed by atoms with van der Waals surface area (Å²) >= 11 is 0. The van der Waals surface area contributed by atoms with Crippen LogP contribution in [0.3, 0.4) is 0 Å². The molecule has 0 aromatic carbocycles. The third kappa shape index (κ3) is 2.05. The number of carbonyl (C=O) groups excluding carboxylic acids is 2. The van der Waals surface area contributed by atoms with Crippen molar-refractivity contribution in [2.45, 2.75) is 70.6 Å². The molecule has 2 heterocycles. The summed E-state index contributed by atoms with van der Waals surface area (Å²) in [7, 11) is 0. The number of hydrogen-bond acceptors (Lipinski definition) is 7. The fourth-order valence-corrected chi connectivity index (χ4v) is 5.60. The molecule has 7 nitrogen and oxygen atoms in total. The molecule has 0 unspecified atom stereocenters. The van der Waals surface area contributed by atoms with Crippen LogP contribution in [0.5, 0.6) is 0 Å². The minimum Gasteiger partial charge on any atom is -0.465 e. The average Bonchev–Trinajstić information content (AvgIpc) is 3.34. The molecule has 2 aliphatic carbocycles. The van der Waals surface area contributed by atoms with E-state index in [0.29, 0.717) is 13.0 Å². The molecule has 2 bridgehead atoms. The number of aliphatic hydroxyl groups is 1. The molecule has 0 aromatic heterocycles. The molecular weight excluding hydrogens is 340 g/mol. The van der Waals surface area contributed by atoms with E-state index < -0.39 is 40.7 Å². The Morgan fingerprint density at radius 1 is 1.35 bits per heavy atom. The number of carbonyl (C=O) groups is 2. The summed E-state index contributed by atoms with van der Waals surface area (Å²) < 4.78 is 23.3. The first-order chi connectivity index (χ1) is 12.2. The lowest BCUT2D eigenvalue weighted by atomic mass is 9.51. The molecule has 3 fully saturated rings. The highest BCUT2D eigenvalue weighted by atomic mass is 16.7. The van der Waals surface area contributed by atoms with Gasteiger partial charge in [0.2, 0.25) is 0 Å². The number of aliphatic hydroxyl groups excluding tert-OH is 1. The summed E-state index contributed by atoms with van der Waals surface area (Å²) in [5.41, 5.74) is -0.890. The van der Waals surface area contributed by atoms with E-state index in [-0.39, 0.29) is 18.7 Å². The van der Waals surface area contributed by atoms with Gasteiger partial charge in [-0.25, -0.2) is 0 Å². The van der Waals surface area contributed by atoms with E-state index in [4.69, 9.17) is 18.9 Å². The second kappa shape index (κ2) is 5.53. The van der Waals surface area contributed by atoms with E-state index in [9.17, 15) is 14.7 Å². The van der Waals surface area contributed by atoms with Crippen molar-refractivity contribution in [1.29, 1.82) is 0 Å². The van der Waals surface area contributed by atoms with Crippen LogP contribution in [-0.4, -0.2) is 60.3 Å². The summed E-state index contributed by atoms with van der Waals surface area (Å²) in [5.74, 6) is -0.830. The van der Waals surface area contributed by atoms with Gasteiger partial charge in [-0.15, -0.1) is 0 Å². The fourth-order valence-electron chi connectivity index (χ4n) is 5.60. The highest BCUT2D eigenvalue weighted by molar-refractivity contribution is 5.67. The zero-order valence-electron chi connectivity index (χ0n) is 15.6.